The first-order valence-electron chi connectivity index (χ1n) is 9.60. The van der Waals surface area contributed by atoms with Crippen LogP contribution in [0.3, 0.4) is 0 Å². The molecule has 1 aromatic heterocycles. The largest absolute Gasteiger partial charge is 0.369 e. The molecule has 154 valence electrons. The van der Waals surface area contributed by atoms with Crippen LogP contribution >= 0.6 is 35.3 Å². The standard InChI is InChI=1S/C20H28FN5S.HI/c1-3-22-20(23-10-9-19-24-13-15(2)27-19)25-17-7-5-11-26(14-17)18-8-4-6-16(21)12-18;/h4,6,8,12-13,17H,3,5,7,9-11,14H2,1-2H3,(H2,22,23,25);1H. The summed E-state index contributed by atoms with van der Waals surface area (Å²) in [4.78, 5) is 12.6. The van der Waals surface area contributed by atoms with Gasteiger partial charge in [-0.25, -0.2) is 9.37 Å². The lowest BCUT2D eigenvalue weighted by Gasteiger charge is -2.35. The number of rotatable bonds is 6. The summed E-state index contributed by atoms with van der Waals surface area (Å²) in [6.07, 6.45) is 4.93. The third kappa shape index (κ3) is 6.88. The number of guanidine groups is 1. The van der Waals surface area contributed by atoms with E-state index in [4.69, 9.17) is 4.99 Å². The zero-order valence-corrected chi connectivity index (χ0v) is 19.6. The molecule has 1 saturated heterocycles. The molecule has 0 amide bonds. The SMILES string of the molecule is CCNC(=NCCc1ncc(C)s1)NC1CCCN(c2cccc(F)c2)C1.I. The number of hydrogen-bond donors (Lipinski definition) is 2. The number of aliphatic imine (C=N–C) groups is 1. The highest BCUT2D eigenvalue weighted by Crippen LogP contribution is 2.20. The molecule has 1 fully saturated rings. The molecule has 1 aliphatic rings. The molecule has 8 heteroatoms. The van der Waals surface area contributed by atoms with Crippen LogP contribution in [0, 0.1) is 12.7 Å². The summed E-state index contributed by atoms with van der Waals surface area (Å²) in [5.74, 6) is 0.659. The first-order valence-corrected chi connectivity index (χ1v) is 10.4. The van der Waals surface area contributed by atoms with Gasteiger partial charge in [0.15, 0.2) is 5.96 Å². The van der Waals surface area contributed by atoms with Crippen LogP contribution in [0.4, 0.5) is 10.1 Å². The fourth-order valence-electron chi connectivity index (χ4n) is 3.30. The van der Waals surface area contributed by atoms with Crippen LogP contribution < -0.4 is 15.5 Å². The lowest BCUT2D eigenvalue weighted by atomic mass is 10.0. The van der Waals surface area contributed by atoms with Gasteiger partial charge in [0.1, 0.15) is 5.82 Å². The minimum Gasteiger partial charge on any atom is -0.369 e. The lowest BCUT2D eigenvalue weighted by Crippen LogP contribution is -2.51. The van der Waals surface area contributed by atoms with Crippen molar-refractivity contribution in [2.24, 2.45) is 4.99 Å². The normalized spacial score (nSPS) is 17.2. The van der Waals surface area contributed by atoms with Gasteiger partial charge in [0, 0.05) is 55.4 Å². The predicted octanol–water partition coefficient (Wildman–Crippen LogP) is 3.98. The zero-order valence-electron chi connectivity index (χ0n) is 16.4. The molecule has 0 spiro atoms. The maximum absolute atomic E-state index is 13.5. The Hall–Kier alpha value is -1.42. The van der Waals surface area contributed by atoms with Gasteiger partial charge in [-0.05, 0) is 44.9 Å². The van der Waals surface area contributed by atoms with Gasteiger partial charge >= 0.3 is 0 Å². The Morgan fingerprint density at radius 2 is 2.29 bits per heavy atom. The van der Waals surface area contributed by atoms with E-state index in [-0.39, 0.29) is 29.8 Å². The Kier molecular flexibility index (Phi) is 9.43. The number of benzene rings is 1. The first-order chi connectivity index (χ1) is 13.1. The molecule has 0 saturated carbocycles. The van der Waals surface area contributed by atoms with Crippen molar-refractivity contribution < 1.29 is 4.39 Å². The molecule has 0 bridgehead atoms. The van der Waals surface area contributed by atoms with Crippen molar-refractivity contribution >= 4 is 47.0 Å². The van der Waals surface area contributed by atoms with Gasteiger partial charge in [-0.1, -0.05) is 6.07 Å². The molecule has 1 unspecified atom stereocenters. The van der Waals surface area contributed by atoms with Gasteiger partial charge in [-0.3, -0.25) is 4.99 Å². The topological polar surface area (TPSA) is 52.6 Å². The smallest absolute Gasteiger partial charge is 0.191 e. The number of anilines is 1. The number of nitrogens with one attached hydrogen (secondary N) is 2. The average molecular weight is 517 g/mol. The number of piperidine rings is 1. The van der Waals surface area contributed by atoms with Gasteiger partial charge in [0.05, 0.1) is 5.01 Å². The number of aryl methyl sites for hydroxylation is 1. The Bertz CT molecular complexity index is 767. The molecule has 28 heavy (non-hydrogen) atoms. The van der Waals surface area contributed by atoms with Gasteiger partial charge in [0.25, 0.3) is 0 Å². The summed E-state index contributed by atoms with van der Waals surface area (Å²) in [5, 5.41) is 8.00. The maximum Gasteiger partial charge on any atom is 0.191 e. The van der Waals surface area contributed by atoms with Crippen LogP contribution in [0.15, 0.2) is 35.5 Å². The summed E-state index contributed by atoms with van der Waals surface area (Å²) in [6.45, 7) is 7.48. The molecule has 3 rings (SSSR count). The number of hydrogen-bond acceptors (Lipinski definition) is 4. The summed E-state index contributed by atoms with van der Waals surface area (Å²) in [7, 11) is 0. The van der Waals surface area contributed by atoms with Crippen molar-refractivity contribution in [1.29, 1.82) is 0 Å². The fraction of sp³-hybridized carbons (Fsp3) is 0.500. The molecule has 0 radical (unpaired) electrons. The summed E-state index contributed by atoms with van der Waals surface area (Å²) in [6, 6.07) is 7.14. The van der Waals surface area contributed by atoms with Crippen molar-refractivity contribution in [2.75, 3.05) is 31.1 Å². The van der Waals surface area contributed by atoms with E-state index in [1.54, 1.807) is 23.5 Å². The molecule has 1 aliphatic heterocycles. The van der Waals surface area contributed by atoms with Crippen LogP contribution in [0.1, 0.15) is 29.7 Å². The van der Waals surface area contributed by atoms with E-state index >= 15 is 0 Å². The fourth-order valence-corrected chi connectivity index (χ4v) is 4.07. The van der Waals surface area contributed by atoms with Crippen LogP contribution in [-0.4, -0.2) is 43.2 Å². The molecule has 2 heterocycles. The Balaban J connectivity index is 0.00000280. The predicted molar refractivity (Wildman–Crippen MR) is 127 cm³/mol. The van der Waals surface area contributed by atoms with E-state index in [2.05, 4.69) is 34.4 Å². The number of aromatic nitrogens is 1. The molecule has 2 aromatic rings. The van der Waals surface area contributed by atoms with Crippen LogP contribution in [-0.2, 0) is 6.42 Å². The Morgan fingerprint density at radius 1 is 1.43 bits per heavy atom. The second-order valence-electron chi connectivity index (χ2n) is 6.78. The maximum atomic E-state index is 13.5. The van der Waals surface area contributed by atoms with E-state index in [9.17, 15) is 4.39 Å². The van der Waals surface area contributed by atoms with Crippen LogP contribution in [0.25, 0.3) is 0 Å². The number of nitrogens with zero attached hydrogens (tertiary/aromatic N) is 3. The Labute approximate surface area is 187 Å². The van der Waals surface area contributed by atoms with Gasteiger partial charge in [-0.2, -0.15) is 0 Å². The van der Waals surface area contributed by atoms with E-state index < -0.39 is 0 Å². The highest BCUT2D eigenvalue weighted by Gasteiger charge is 2.21. The molecular formula is C20H29FIN5S. The van der Waals surface area contributed by atoms with Crippen LogP contribution in [0.5, 0.6) is 0 Å². The molecule has 5 nitrogen and oxygen atoms in total. The van der Waals surface area contributed by atoms with Crippen molar-refractivity contribution in [3.8, 4) is 0 Å². The van der Waals surface area contributed by atoms with Crippen molar-refractivity contribution in [1.82, 2.24) is 15.6 Å². The van der Waals surface area contributed by atoms with E-state index in [0.717, 1.165) is 55.6 Å². The summed E-state index contributed by atoms with van der Waals surface area (Å²) >= 11 is 1.73. The van der Waals surface area contributed by atoms with E-state index in [1.807, 2.05) is 12.3 Å². The average Bonchev–Trinajstić information content (AvgIpc) is 3.07. The van der Waals surface area contributed by atoms with E-state index in [0.29, 0.717) is 12.6 Å². The minimum absolute atomic E-state index is 0. The third-order valence-corrected chi connectivity index (χ3v) is 5.52. The van der Waals surface area contributed by atoms with E-state index in [1.165, 1.54) is 10.9 Å². The highest BCUT2D eigenvalue weighted by atomic mass is 127. The molecule has 1 aromatic carbocycles. The second-order valence-corrected chi connectivity index (χ2v) is 8.10. The molecule has 1 atom stereocenters. The van der Waals surface area contributed by atoms with Crippen LogP contribution in [0.2, 0.25) is 0 Å². The highest BCUT2D eigenvalue weighted by molar-refractivity contribution is 14.0. The summed E-state index contributed by atoms with van der Waals surface area (Å²) in [5.41, 5.74) is 0.947. The zero-order chi connectivity index (χ0) is 19.1. The summed E-state index contributed by atoms with van der Waals surface area (Å²) < 4.78 is 13.5. The van der Waals surface area contributed by atoms with Gasteiger partial charge in [0.2, 0.25) is 0 Å². The van der Waals surface area contributed by atoms with Gasteiger partial charge in [-0.15, -0.1) is 35.3 Å². The minimum atomic E-state index is -0.185. The molecule has 2 N–H and O–H groups in total. The van der Waals surface area contributed by atoms with Crippen molar-refractivity contribution in [2.45, 2.75) is 39.2 Å². The second kappa shape index (κ2) is 11.5. The number of thiazole rings is 1. The van der Waals surface area contributed by atoms with Gasteiger partial charge < -0.3 is 15.5 Å². The number of halogens is 2. The molecule has 0 aliphatic carbocycles. The third-order valence-electron chi connectivity index (χ3n) is 4.54. The first kappa shape index (κ1) is 22.9. The quantitative estimate of drug-likeness (QED) is 0.346. The lowest BCUT2D eigenvalue weighted by molar-refractivity contribution is 0.467. The Morgan fingerprint density at radius 3 is 3.00 bits per heavy atom. The van der Waals surface area contributed by atoms with Crippen molar-refractivity contribution in [3.63, 3.8) is 0 Å². The van der Waals surface area contributed by atoms with Crippen molar-refractivity contribution in [3.05, 3.63) is 46.2 Å². The monoisotopic (exact) mass is 517 g/mol. The molecular weight excluding hydrogens is 488 g/mol.